The topological polar surface area (TPSA) is 51.4 Å². The van der Waals surface area contributed by atoms with E-state index >= 15 is 0 Å². The van der Waals surface area contributed by atoms with E-state index in [1.165, 1.54) is 5.69 Å². The third-order valence-electron chi connectivity index (χ3n) is 4.45. The zero-order valence-corrected chi connectivity index (χ0v) is 14.8. The van der Waals surface area contributed by atoms with Crippen LogP contribution in [0.4, 0.5) is 0 Å². The van der Waals surface area contributed by atoms with Crippen LogP contribution in [-0.2, 0) is 16.6 Å². The summed E-state index contributed by atoms with van der Waals surface area (Å²) in [7, 11) is 0. The first-order valence-corrected chi connectivity index (χ1v) is 8.62. The molecular weight excluding hydrogens is 282 g/mol. The van der Waals surface area contributed by atoms with Crippen molar-refractivity contribution in [3.05, 3.63) is 16.1 Å². The highest BCUT2D eigenvalue weighted by Gasteiger charge is 2.34. The second kappa shape index (κ2) is 6.32. The molecule has 1 aliphatic rings. The lowest BCUT2D eigenvalue weighted by Crippen LogP contribution is -2.59. The van der Waals surface area contributed by atoms with Crippen LogP contribution in [0.1, 0.15) is 45.3 Å². The Labute approximate surface area is 132 Å². The second-order valence-electron chi connectivity index (χ2n) is 7.44. The van der Waals surface area contributed by atoms with Crippen molar-refractivity contribution in [1.82, 2.24) is 9.88 Å². The van der Waals surface area contributed by atoms with Gasteiger partial charge in [0.25, 0.3) is 0 Å². The number of nitrogens with zero attached hydrogens (tertiary/aromatic N) is 2. The van der Waals surface area contributed by atoms with Crippen LogP contribution in [0.25, 0.3) is 0 Å². The maximum Gasteiger partial charge on any atom is 0.0944 e. The number of hydrogen-bond donors (Lipinski definition) is 1. The van der Waals surface area contributed by atoms with E-state index in [1.807, 2.05) is 0 Å². The summed E-state index contributed by atoms with van der Waals surface area (Å²) < 4.78 is 5.44. The van der Waals surface area contributed by atoms with Crippen molar-refractivity contribution in [3.8, 4) is 0 Å². The summed E-state index contributed by atoms with van der Waals surface area (Å²) in [4.78, 5) is 7.22. The number of rotatable bonds is 4. The van der Waals surface area contributed by atoms with Crippen molar-refractivity contribution in [2.45, 2.75) is 58.0 Å². The lowest BCUT2D eigenvalue weighted by atomic mass is 9.90. The molecule has 0 amide bonds. The van der Waals surface area contributed by atoms with E-state index in [1.54, 1.807) is 11.3 Å². The first kappa shape index (κ1) is 16.9. The summed E-state index contributed by atoms with van der Waals surface area (Å²) in [5.41, 5.74) is 7.76. The predicted molar refractivity (Wildman–Crippen MR) is 89.0 cm³/mol. The third kappa shape index (κ3) is 4.03. The molecule has 2 heterocycles. The molecule has 0 aromatic carbocycles. The average molecular weight is 311 g/mol. The first-order chi connectivity index (χ1) is 9.71. The first-order valence-electron chi connectivity index (χ1n) is 7.74. The highest BCUT2D eigenvalue weighted by molar-refractivity contribution is 7.09. The van der Waals surface area contributed by atoms with Gasteiger partial charge in [0.05, 0.1) is 23.9 Å². The SMILES string of the molecule is CC(C)(C)c1csc(CC(N)C(C)(C)N2CCOCC2)n1. The normalized spacial score (nSPS) is 19.7. The van der Waals surface area contributed by atoms with Crippen LogP contribution < -0.4 is 5.73 Å². The third-order valence-corrected chi connectivity index (χ3v) is 5.32. The quantitative estimate of drug-likeness (QED) is 0.928. The molecule has 21 heavy (non-hydrogen) atoms. The van der Waals surface area contributed by atoms with Crippen LogP contribution >= 0.6 is 11.3 Å². The lowest BCUT2D eigenvalue weighted by molar-refractivity contribution is -0.0186. The molecule has 1 unspecified atom stereocenters. The van der Waals surface area contributed by atoms with Gasteiger partial charge in [0.1, 0.15) is 0 Å². The molecule has 0 saturated carbocycles. The van der Waals surface area contributed by atoms with Gasteiger partial charge in [-0.2, -0.15) is 0 Å². The van der Waals surface area contributed by atoms with Crippen molar-refractivity contribution < 1.29 is 4.74 Å². The Morgan fingerprint density at radius 3 is 2.43 bits per heavy atom. The van der Waals surface area contributed by atoms with E-state index in [2.05, 4.69) is 44.9 Å². The van der Waals surface area contributed by atoms with E-state index in [9.17, 15) is 0 Å². The van der Waals surface area contributed by atoms with Gasteiger partial charge in [0.15, 0.2) is 0 Å². The van der Waals surface area contributed by atoms with Crippen molar-refractivity contribution >= 4 is 11.3 Å². The number of hydrogen-bond acceptors (Lipinski definition) is 5. The van der Waals surface area contributed by atoms with Crippen LogP contribution in [0, 0.1) is 0 Å². The summed E-state index contributed by atoms with van der Waals surface area (Å²) in [5.74, 6) is 0. The maximum atomic E-state index is 6.52. The van der Waals surface area contributed by atoms with Gasteiger partial charge in [-0.3, -0.25) is 4.90 Å². The smallest absolute Gasteiger partial charge is 0.0944 e. The van der Waals surface area contributed by atoms with Gasteiger partial charge in [-0.1, -0.05) is 20.8 Å². The van der Waals surface area contributed by atoms with Gasteiger partial charge in [0.2, 0.25) is 0 Å². The zero-order chi connectivity index (χ0) is 15.7. The molecule has 0 aliphatic carbocycles. The lowest BCUT2D eigenvalue weighted by Gasteiger charge is -2.44. The van der Waals surface area contributed by atoms with Crippen molar-refractivity contribution in [3.63, 3.8) is 0 Å². The Balaban J connectivity index is 2.02. The summed E-state index contributed by atoms with van der Waals surface area (Å²) in [6.45, 7) is 14.6. The Bertz CT molecular complexity index is 458. The van der Waals surface area contributed by atoms with Crippen molar-refractivity contribution in [2.75, 3.05) is 26.3 Å². The van der Waals surface area contributed by atoms with Gasteiger partial charge in [-0.15, -0.1) is 11.3 Å². The number of nitrogens with two attached hydrogens (primary N) is 1. The van der Waals surface area contributed by atoms with Gasteiger partial charge < -0.3 is 10.5 Å². The van der Waals surface area contributed by atoms with Crippen LogP contribution in [0.15, 0.2) is 5.38 Å². The molecule has 0 bridgehead atoms. The zero-order valence-electron chi connectivity index (χ0n) is 14.0. The highest BCUT2D eigenvalue weighted by atomic mass is 32.1. The molecular formula is C16H29N3OS. The highest BCUT2D eigenvalue weighted by Crippen LogP contribution is 2.27. The summed E-state index contributed by atoms with van der Waals surface area (Å²) in [6.07, 6.45) is 0.838. The molecule has 1 saturated heterocycles. The molecule has 1 aromatic rings. The maximum absolute atomic E-state index is 6.52. The number of morpholine rings is 1. The molecule has 0 spiro atoms. The molecule has 2 rings (SSSR count). The Hall–Kier alpha value is -0.490. The Kier molecular flexibility index (Phi) is 5.08. The number of ether oxygens (including phenoxy) is 1. The summed E-state index contributed by atoms with van der Waals surface area (Å²) in [5, 5.41) is 3.32. The number of thiazole rings is 1. The number of aromatic nitrogens is 1. The molecule has 2 N–H and O–H groups in total. The molecule has 0 radical (unpaired) electrons. The minimum atomic E-state index is -0.0304. The molecule has 1 fully saturated rings. The van der Waals surface area contributed by atoms with Gasteiger partial charge in [0, 0.05) is 41.9 Å². The average Bonchev–Trinajstić information content (AvgIpc) is 2.88. The Morgan fingerprint density at radius 1 is 1.29 bits per heavy atom. The van der Waals surface area contributed by atoms with Gasteiger partial charge in [-0.25, -0.2) is 4.98 Å². The summed E-state index contributed by atoms with van der Waals surface area (Å²) in [6, 6.07) is 0.0783. The molecule has 1 atom stereocenters. The second-order valence-corrected chi connectivity index (χ2v) is 8.38. The van der Waals surface area contributed by atoms with Crippen LogP contribution in [0.3, 0.4) is 0 Å². The van der Waals surface area contributed by atoms with Crippen LogP contribution in [-0.4, -0.2) is 47.8 Å². The molecule has 120 valence electrons. The molecule has 1 aliphatic heterocycles. The Morgan fingerprint density at radius 2 is 1.90 bits per heavy atom. The molecule has 4 nitrogen and oxygen atoms in total. The monoisotopic (exact) mass is 311 g/mol. The van der Waals surface area contributed by atoms with Crippen LogP contribution in [0.5, 0.6) is 0 Å². The predicted octanol–water partition coefficient (Wildman–Crippen LogP) is 2.42. The van der Waals surface area contributed by atoms with E-state index in [0.717, 1.165) is 37.7 Å². The van der Waals surface area contributed by atoms with Crippen LogP contribution in [0.2, 0.25) is 0 Å². The van der Waals surface area contributed by atoms with Crippen molar-refractivity contribution in [1.29, 1.82) is 0 Å². The van der Waals surface area contributed by atoms with E-state index < -0.39 is 0 Å². The van der Waals surface area contributed by atoms with Gasteiger partial charge in [-0.05, 0) is 13.8 Å². The molecule has 1 aromatic heterocycles. The standard InChI is InChI=1S/C16H29N3OS/c1-15(2,3)13-11-21-14(18-13)10-12(17)16(4,5)19-6-8-20-9-7-19/h11-12H,6-10,17H2,1-5H3. The fourth-order valence-corrected chi connectivity index (χ4v) is 3.64. The van der Waals surface area contributed by atoms with Gasteiger partial charge >= 0.3 is 0 Å². The minimum Gasteiger partial charge on any atom is -0.379 e. The minimum absolute atomic E-state index is 0.0304. The fourth-order valence-electron chi connectivity index (χ4n) is 2.56. The fraction of sp³-hybridized carbons (Fsp3) is 0.812. The van der Waals surface area contributed by atoms with E-state index in [0.29, 0.717) is 0 Å². The molecule has 5 heteroatoms. The van der Waals surface area contributed by atoms with E-state index in [4.69, 9.17) is 15.5 Å². The van der Waals surface area contributed by atoms with E-state index in [-0.39, 0.29) is 17.0 Å². The largest absolute Gasteiger partial charge is 0.379 e. The van der Waals surface area contributed by atoms with Crippen molar-refractivity contribution in [2.24, 2.45) is 5.73 Å². The summed E-state index contributed by atoms with van der Waals surface area (Å²) >= 11 is 1.73.